The smallest absolute Gasteiger partial charge is 0.331 e. The van der Waals surface area contributed by atoms with Crippen LogP contribution in [-0.2, 0) is 14.3 Å². The first-order chi connectivity index (χ1) is 11.4. The van der Waals surface area contributed by atoms with Gasteiger partial charge in [0, 0.05) is 17.3 Å². The van der Waals surface area contributed by atoms with Crippen LogP contribution in [0.2, 0.25) is 0 Å². The fourth-order valence-electron chi connectivity index (χ4n) is 1.74. The molecule has 1 N–H and O–H groups in total. The molecule has 1 amide bonds. The number of furan rings is 1. The molecule has 0 aliphatic rings. The van der Waals surface area contributed by atoms with Gasteiger partial charge >= 0.3 is 5.97 Å². The summed E-state index contributed by atoms with van der Waals surface area (Å²) < 4.78 is 10.6. The number of carbonyl (C=O) groups is 3. The number of anilines is 1. The van der Waals surface area contributed by atoms with Crippen LogP contribution in [0.25, 0.3) is 6.08 Å². The van der Waals surface area contributed by atoms with E-state index in [1.165, 1.54) is 19.1 Å². The van der Waals surface area contributed by atoms with Gasteiger partial charge in [0.25, 0.3) is 5.91 Å². The fraction of sp³-hybridized carbons (Fsp3) is 0.118. The molecule has 0 radical (unpaired) electrons. The quantitative estimate of drug-likeness (QED) is 0.463. The maximum atomic E-state index is 11.7. The molecule has 2 aromatic rings. The molecule has 0 aliphatic carbocycles. The Balaban J connectivity index is 1.79. The Morgan fingerprint density at radius 2 is 1.88 bits per heavy atom. The van der Waals surface area contributed by atoms with Crippen LogP contribution in [0.15, 0.2) is 51.6 Å². The third-order valence-electron chi connectivity index (χ3n) is 2.90. The molecule has 7 heteroatoms. The molecule has 0 bridgehead atoms. The predicted molar refractivity (Wildman–Crippen MR) is 91.5 cm³/mol. The lowest BCUT2D eigenvalue weighted by Gasteiger charge is -2.05. The van der Waals surface area contributed by atoms with Gasteiger partial charge in [0.05, 0.1) is 0 Å². The molecule has 0 aliphatic heterocycles. The van der Waals surface area contributed by atoms with E-state index in [9.17, 15) is 14.4 Å². The molecule has 1 aromatic heterocycles. The van der Waals surface area contributed by atoms with E-state index in [2.05, 4.69) is 21.2 Å². The van der Waals surface area contributed by atoms with E-state index in [1.54, 1.807) is 36.4 Å². The third kappa shape index (κ3) is 5.51. The molecule has 24 heavy (non-hydrogen) atoms. The summed E-state index contributed by atoms with van der Waals surface area (Å²) in [7, 11) is 0. The Labute approximate surface area is 146 Å². The van der Waals surface area contributed by atoms with Crippen LogP contribution in [0.4, 0.5) is 5.69 Å². The van der Waals surface area contributed by atoms with Gasteiger partial charge in [-0.25, -0.2) is 4.79 Å². The highest BCUT2D eigenvalue weighted by Gasteiger charge is 2.07. The number of amides is 1. The number of halogens is 1. The van der Waals surface area contributed by atoms with E-state index < -0.39 is 18.5 Å². The normalized spacial score (nSPS) is 10.6. The van der Waals surface area contributed by atoms with Gasteiger partial charge in [0.15, 0.2) is 17.1 Å². The van der Waals surface area contributed by atoms with E-state index >= 15 is 0 Å². The highest BCUT2D eigenvalue weighted by molar-refractivity contribution is 9.10. The summed E-state index contributed by atoms with van der Waals surface area (Å²) in [4.78, 5) is 34.4. The molecule has 0 saturated carbocycles. The van der Waals surface area contributed by atoms with Gasteiger partial charge in [-0.15, -0.1) is 0 Å². The first kappa shape index (κ1) is 17.7. The van der Waals surface area contributed by atoms with Crippen molar-refractivity contribution in [3.05, 3.63) is 58.5 Å². The van der Waals surface area contributed by atoms with E-state index in [0.717, 1.165) is 0 Å². The fourth-order valence-corrected chi connectivity index (χ4v) is 2.06. The minimum atomic E-state index is -0.662. The van der Waals surface area contributed by atoms with Crippen molar-refractivity contribution in [2.75, 3.05) is 11.9 Å². The van der Waals surface area contributed by atoms with Crippen LogP contribution in [0.3, 0.4) is 0 Å². The van der Waals surface area contributed by atoms with Gasteiger partial charge in [0.2, 0.25) is 0 Å². The molecule has 0 fully saturated rings. The average molecular weight is 392 g/mol. The molecule has 0 spiro atoms. The van der Waals surface area contributed by atoms with E-state index in [0.29, 0.717) is 21.7 Å². The van der Waals surface area contributed by atoms with Crippen LogP contribution in [0.5, 0.6) is 0 Å². The average Bonchev–Trinajstić information content (AvgIpc) is 2.97. The minimum Gasteiger partial charge on any atom is -0.452 e. The topological polar surface area (TPSA) is 85.6 Å². The third-order valence-corrected chi connectivity index (χ3v) is 3.32. The van der Waals surface area contributed by atoms with Gasteiger partial charge in [-0.3, -0.25) is 9.59 Å². The summed E-state index contributed by atoms with van der Waals surface area (Å²) >= 11 is 3.14. The monoisotopic (exact) mass is 391 g/mol. The van der Waals surface area contributed by atoms with Crippen molar-refractivity contribution >= 4 is 45.4 Å². The summed E-state index contributed by atoms with van der Waals surface area (Å²) in [5.41, 5.74) is 1.06. The zero-order valence-corrected chi connectivity index (χ0v) is 14.3. The van der Waals surface area contributed by atoms with Crippen LogP contribution < -0.4 is 5.32 Å². The summed E-state index contributed by atoms with van der Waals surface area (Å²) in [6.07, 6.45) is 2.60. The van der Waals surface area contributed by atoms with Crippen LogP contribution in [0, 0.1) is 0 Å². The maximum Gasteiger partial charge on any atom is 0.331 e. The van der Waals surface area contributed by atoms with E-state index in [-0.39, 0.29) is 5.78 Å². The van der Waals surface area contributed by atoms with Crippen LogP contribution >= 0.6 is 15.9 Å². The number of nitrogens with one attached hydrogen (secondary N) is 1. The second-order valence-electron chi connectivity index (χ2n) is 4.76. The summed E-state index contributed by atoms with van der Waals surface area (Å²) in [5, 5.41) is 2.56. The number of esters is 1. The van der Waals surface area contributed by atoms with Gasteiger partial charge in [-0.1, -0.05) is 0 Å². The van der Waals surface area contributed by atoms with Gasteiger partial charge < -0.3 is 14.5 Å². The molecule has 0 atom stereocenters. The number of hydrogen-bond donors (Lipinski definition) is 1. The van der Waals surface area contributed by atoms with Crippen molar-refractivity contribution in [3.8, 4) is 0 Å². The van der Waals surface area contributed by atoms with Crippen LogP contribution in [0.1, 0.15) is 23.0 Å². The van der Waals surface area contributed by atoms with Crippen molar-refractivity contribution in [3.63, 3.8) is 0 Å². The first-order valence-electron chi connectivity index (χ1n) is 6.95. The lowest BCUT2D eigenvalue weighted by Crippen LogP contribution is -2.20. The highest BCUT2D eigenvalue weighted by Crippen LogP contribution is 2.15. The second kappa shape index (κ2) is 8.26. The number of Topliss-reactive ketones (excluding diaryl/α,β-unsaturated/α-hetero) is 1. The Morgan fingerprint density at radius 3 is 2.46 bits per heavy atom. The molecule has 0 unspecified atom stereocenters. The zero-order chi connectivity index (χ0) is 17.5. The summed E-state index contributed by atoms with van der Waals surface area (Å²) in [6, 6.07) is 9.78. The molecule has 6 nitrogen and oxygen atoms in total. The molecule has 2 rings (SSSR count). The Hall–Kier alpha value is -2.67. The molecule has 1 heterocycles. The largest absolute Gasteiger partial charge is 0.452 e. The lowest BCUT2D eigenvalue weighted by atomic mass is 10.1. The number of ketones is 1. The number of rotatable bonds is 6. The van der Waals surface area contributed by atoms with Crippen molar-refractivity contribution in [2.24, 2.45) is 0 Å². The van der Waals surface area contributed by atoms with E-state index in [4.69, 9.17) is 9.15 Å². The number of ether oxygens (including phenoxy) is 1. The van der Waals surface area contributed by atoms with E-state index in [1.807, 2.05) is 0 Å². The van der Waals surface area contributed by atoms with Crippen molar-refractivity contribution in [2.45, 2.75) is 6.92 Å². The Morgan fingerprint density at radius 1 is 1.17 bits per heavy atom. The van der Waals surface area contributed by atoms with Crippen molar-refractivity contribution in [1.82, 2.24) is 0 Å². The summed E-state index contributed by atoms with van der Waals surface area (Å²) in [5.74, 6) is -0.719. The molecule has 1 aromatic carbocycles. The highest BCUT2D eigenvalue weighted by atomic mass is 79.9. The van der Waals surface area contributed by atoms with Gasteiger partial charge in [-0.05, 0) is 65.3 Å². The molecular formula is C17H14BrNO5. The molecular weight excluding hydrogens is 378 g/mol. The number of carbonyl (C=O) groups excluding carboxylic acids is 3. The Bertz CT molecular complexity index is 777. The SMILES string of the molecule is CC(=O)c1ccc(NC(=O)COC(=O)/C=C/c2ccc(Br)o2)cc1. The summed E-state index contributed by atoms with van der Waals surface area (Å²) in [6.45, 7) is 1.04. The minimum absolute atomic E-state index is 0.0582. The van der Waals surface area contributed by atoms with Crippen molar-refractivity contribution < 1.29 is 23.5 Å². The maximum absolute atomic E-state index is 11.7. The van der Waals surface area contributed by atoms with Crippen molar-refractivity contribution in [1.29, 1.82) is 0 Å². The second-order valence-corrected chi connectivity index (χ2v) is 5.55. The number of hydrogen-bond acceptors (Lipinski definition) is 5. The zero-order valence-electron chi connectivity index (χ0n) is 12.7. The first-order valence-corrected chi connectivity index (χ1v) is 7.74. The number of benzene rings is 1. The van der Waals surface area contributed by atoms with Gasteiger partial charge in [-0.2, -0.15) is 0 Å². The molecule has 0 saturated heterocycles. The van der Waals surface area contributed by atoms with Gasteiger partial charge in [0.1, 0.15) is 5.76 Å². The Kier molecular flexibility index (Phi) is 6.08. The standard InChI is InChI=1S/C17H14BrNO5/c1-11(20)12-2-4-13(5-3-12)19-16(21)10-23-17(22)9-7-14-6-8-15(18)24-14/h2-9H,10H2,1H3,(H,19,21)/b9-7+. The molecule has 124 valence electrons. The lowest BCUT2D eigenvalue weighted by molar-refractivity contribution is -0.142. The van der Waals surface area contributed by atoms with Crippen LogP contribution in [-0.4, -0.2) is 24.3 Å². The predicted octanol–water partition coefficient (Wildman–Crippen LogP) is 3.44.